The lowest BCUT2D eigenvalue weighted by atomic mass is 9.91. The molecule has 0 radical (unpaired) electrons. The maximum absolute atomic E-state index is 10.8. The van der Waals surface area contributed by atoms with E-state index in [2.05, 4.69) is 13.8 Å². The van der Waals surface area contributed by atoms with Crippen LogP contribution in [0.1, 0.15) is 50.2 Å². The monoisotopic (exact) mass is 270 g/mol. The number of carbonyl (C=O) groups is 1. The fraction of sp³-hybridized carbons (Fsp3) is 0.500. The highest BCUT2D eigenvalue weighted by atomic mass is 35.5. The Labute approximate surface area is 113 Å². The average Bonchev–Trinajstić information content (AvgIpc) is 2.26. The second-order valence-corrected chi connectivity index (χ2v) is 5.21. The van der Waals surface area contributed by atoms with E-state index in [0.717, 1.165) is 16.9 Å². The molecule has 0 fully saturated rings. The Balaban J connectivity index is 3.28. The van der Waals surface area contributed by atoms with Gasteiger partial charge >= 0.3 is 5.97 Å². The van der Waals surface area contributed by atoms with E-state index in [1.807, 2.05) is 13.0 Å². The van der Waals surface area contributed by atoms with Gasteiger partial charge in [0.15, 0.2) is 0 Å². The smallest absolute Gasteiger partial charge is 0.303 e. The largest absolute Gasteiger partial charge is 0.496 e. The van der Waals surface area contributed by atoms with Crippen molar-refractivity contribution in [1.82, 2.24) is 0 Å². The lowest BCUT2D eigenvalue weighted by Gasteiger charge is -2.20. The van der Waals surface area contributed by atoms with Crippen LogP contribution in [0, 0.1) is 0 Å². The van der Waals surface area contributed by atoms with Crippen LogP contribution < -0.4 is 4.74 Å². The molecule has 0 amide bonds. The van der Waals surface area contributed by atoms with E-state index in [1.54, 1.807) is 13.2 Å². The Morgan fingerprint density at radius 2 is 1.89 bits per heavy atom. The summed E-state index contributed by atoms with van der Waals surface area (Å²) in [7, 11) is 1.60. The molecule has 0 aliphatic rings. The molecule has 4 heteroatoms. The van der Waals surface area contributed by atoms with Crippen molar-refractivity contribution in [1.29, 1.82) is 0 Å². The number of carboxylic acids is 1. The zero-order chi connectivity index (χ0) is 13.9. The van der Waals surface area contributed by atoms with Gasteiger partial charge in [-0.1, -0.05) is 32.4 Å². The zero-order valence-corrected chi connectivity index (χ0v) is 11.9. The lowest BCUT2D eigenvalue weighted by molar-refractivity contribution is -0.137. The Bertz CT molecular complexity index is 441. The fourth-order valence-electron chi connectivity index (χ4n) is 2.04. The molecule has 0 aromatic heterocycles. The summed E-state index contributed by atoms with van der Waals surface area (Å²) in [6, 6.07) is 3.67. The summed E-state index contributed by atoms with van der Waals surface area (Å²) >= 11 is 6.10. The SMILES string of the molecule is COc1c(C(C)C)cc(Cl)cc1C(C)CC(=O)O. The minimum absolute atomic E-state index is 0.0637. The summed E-state index contributed by atoms with van der Waals surface area (Å²) in [5.74, 6) is 0.0712. The van der Waals surface area contributed by atoms with Crippen LogP contribution in [0.25, 0.3) is 0 Å². The van der Waals surface area contributed by atoms with E-state index in [0.29, 0.717) is 5.02 Å². The molecular weight excluding hydrogens is 252 g/mol. The summed E-state index contributed by atoms with van der Waals surface area (Å²) in [5.41, 5.74) is 1.87. The van der Waals surface area contributed by atoms with Gasteiger partial charge in [0.1, 0.15) is 5.75 Å². The van der Waals surface area contributed by atoms with Gasteiger partial charge in [-0.15, -0.1) is 0 Å². The van der Waals surface area contributed by atoms with Crippen LogP contribution in [0.5, 0.6) is 5.75 Å². The third-order valence-electron chi connectivity index (χ3n) is 2.95. The normalized spacial score (nSPS) is 12.6. The number of benzene rings is 1. The molecule has 0 heterocycles. The van der Waals surface area contributed by atoms with E-state index in [-0.39, 0.29) is 18.3 Å². The molecule has 1 atom stereocenters. The van der Waals surface area contributed by atoms with Gasteiger partial charge < -0.3 is 9.84 Å². The molecule has 0 saturated heterocycles. The van der Waals surface area contributed by atoms with Crippen molar-refractivity contribution in [2.75, 3.05) is 7.11 Å². The van der Waals surface area contributed by atoms with Gasteiger partial charge in [-0.25, -0.2) is 0 Å². The Morgan fingerprint density at radius 1 is 1.33 bits per heavy atom. The second kappa shape index (κ2) is 6.10. The zero-order valence-electron chi connectivity index (χ0n) is 11.2. The molecule has 0 aliphatic heterocycles. The van der Waals surface area contributed by atoms with Crippen LogP contribution in [0.2, 0.25) is 5.02 Å². The standard InChI is InChI=1S/C14H19ClO3/c1-8(2)11-6-10(15)7-12(14(11)18-4)9(3)5-13(16)17/h6-9H,5H2,1-4H3,(H,16,17). The van der Waals surface area contributed by atoms with Crippen LogP contribution in [0.4, 0.5) is 0 Å². The quantitative estimate of drug-likeness (QED) is 0.878. The van der Waals surface area contributed by atoms with Gasteiger partial charge in [0, 0.05) is 5.02 Å². The molecule has 1 aromatic carbocycles. The van der Waals surface area contributed by atoms with Gasteiger partial charge in [0.05, 0.1) is 13.5 Å². The van der Waals surface area contributed by atoms with E-state index in [9.17, 15) is 4.79 Å². The van der Waals surface area contributed by atoms with Crippen LogP contribution in [0.3, 0.4) is 0 Å². The second-order valence-electron chi connectivity index (χ2n) is 4.77. The highest BCUT2D eigenvalue weighted by molar-refractivity contribution is 6.30. The van der Waals surface area contributed by atoms with Gasteiger partial charge in [0.25, 0.3) is 0 Å². The minimum Gasteiger partial charge on any atom is -0.496 e. The van der Waals surface area contributed by atoms with E-state index in [1.165, 1.54) is 0 Å². The lowest BCUT2D eigenvalue weighted by Crippen LogP contribution is -2.07. The van der Waals surface area contributed by atoms with Crippen molar-refractivity contribution in [3.8, 4) is 5.75 Å². The molecule has 3 nitrogen and oxygen atoms in total. The van der Waals surface area contributed by atoms with Crippen molar-refractivity contribution in [3.63, 3.8) is 0 Å². The number of aliphatic carboxylic acids is 1. The number of hydrogen-bond acceptors (Lipinski definition) is 2. The summed E-state index contributed by atoms with van der Waals surface area (Å²) in [5, 5.41) is 9.50. The van der Waals surface area contributed by atoms with Crippen molar-refractivity contribution in [2.45, 2.75) is 39.0 Å². The maximum atomic E-state index is 10.8. The van der Waals surface area contributed by atoms with Gasteiger partial charge in [-0.05, 0) is 35.1 Å². The van der Waals surface area contributed by atoms with Crippen LogP contribution in [-0.2, 0) is 4.79 Å². The Kier molecular flexibility index (Phi) is 5.03. The number of halogens is 1. The minimum atomic E-state index is -0.823. The third kappa shape index (κ3) is 3.39. The summed E-state index contributed by atoms with van der Waals surface area (Å²) in [6.45, 7) is 5.98. The van der Waals surface area contributed by atoms with Crippen LogP contribution in [-0.4, -0.2) is 18.2 Å². The number of rotatable bonds is 5. The predicted octanol–water partition coefficient (Wildman–Crippen LogP) is 4.05. The Morgan fingerprint density at radius 3 is 2.33 bits per heavy atom. The fourth-order valence-corrected chi connectivity index (χ4v) is 2.27. The Hall–Kier alpha value is -1.22. The first-order valence-corrected chi connectivity index (χ1v) is 6.33. The summed E-state index contributed by atoms with van der Waals surface area (Å²) in [4.78, 5) is 10.8. The highest BCUT2D eigenvalue weighted by Gasteiger charge is 2.19. The van der Waals surface area contributed by atoms with E-state index >= 15 is 0 Å². The predicted molar refractivity (Wildman–Crippen MR) is 72.8 cm³/mol. The summed E-state index contributed by atoms with van der Waals surface area (Å²) in [6.07, 6.45) is 0.0637. The van der Waals surface area contributed by atoms with Gasteiger partial charge in [-0.3, -0.25) is 4.79 Å². The maximum Gasteiger partial charge on any atom is 0.303 e. The van der Waals surface area contributed by atoms with Crippen molar-refractivity contribution < 1.29 is 14.6 Å². The molecule has 0 aliphatic carbocycles. The van der Waals surface area contributed by atoms with E-state index in [4.69, 9.17) is 21.4 Å². The molecule has 0 saturated carbocycles. The molecule has 0 spiro atoms. The molecule has 18 heavy (non-hydrogen) atoms. The average molecular weight is 271 g/mol. The molecular formula is C14H19ClO3. The van der Waals surface area contributed by atoms with Gasteiger partial charge in [0.2, 0.25) is 0 Å². The first kappa shape index (κ1) is 14.8. The number of hydrogen-bond donors (Lipinski definition) is 1. The molecule has 100 valence electrons. The third-order valence-corrected chi connectivity index (χ3v) is 3.17. The molecule has 1 unspecified atom stereocenters. The van der Waals surface area contributed by atoms with Gasteiger partial charge in [-0.2, -0.15) is 0 Å². The van der Waals surface area contributed by atoms with Crippen molar-refractivity contribution >= 4 is 17.6 Å². The topological polar surface area (TPSA) is 46.5 Å². The van der Waals surface area contributed by atoms with E-state index < -0.39 is 5.97 Å². The molecule has 1 aromatic rings. The van der Waals surface area contributed by atoms with Crippen LogP contribution >= 0.6 is 11.6 Å². The number of methoxy groups -OCH3 is 1. The van der Waals surface area contributed by atoms with Crippen molar-refractivity contribution in [2.24, 2.45) is 0 Å². The summed E-state index contributed by atoms with van der Waals surface area (Å²) < 4.78 is 5.44. The first-order chi connectivity index (χ1) is 8.36. The van der Waals surface area contributed by atoms with Crippen molar-refractivity contribution in [3.05, 3.63) is 28.3 Å². The first-order valence-electron chi connectivity index (χ1n) is 5.95. The highest BCUT2D eigenvalue weighted by Crippen LogP contribution is 2.38. The molecule has 1 N–H and O–H groups in total. The number of ether oxygens (including phenoxy) is 1. The molecule has 1 rings (SSSR count). The molecule has 0 bridgehead atoms. The number of carboxylic acid groups (broad SMARTS) is 1. The van der Waals surface area contributed by atoms with Crippen LogP contribution in [0.15, 0.2) is 12.1 Å².